The predicted octanol–water partition coefficient (Wildman–Crippen LogP) is 2.62. The van der Waals surface area contributed by atoms with Crippen LogP contribution in [-0.2, 0) is 6.42 Å². The fourth-order valence-corrected chi connectivity index (χ4v) is 2.53. The lowest BCUT2D eigenvalue weighted by Crippen LogP contribution is -1.89. The van der Waals surface area contributed by atoms with Crippen molar-refractivity contribution in [1.29, 1.82) is 0 Å². The zero-order valence-corrected chi connectivity index (χ0v) is 10.5. The number of H-pyrrole nitrogens is 1. The molecule has 17 heavy (non-hydrogen) atoms. The second-order valence-corrected chi connectivity index (χ2v) is 5.36. The van der Waals surface area contributed by atoms with E-state index < -0.39 is 0 Å². The largest absolute Gasteiger partial charge is 0.342 e. The normalized spacial score (nSPS) is 11.2. The van der Waals surface area contributed by atoms with Gasteiger partial charge < -0.3 is 4.98 Å². The summed E-state index contributed by atoms with van der Waals surface area (Å²) in [5.41, 5.74) is 3.33. The van der Waals surface area contributed by atoms with Gasteiger partial charge in [0.2, 0.25) is 0 Å². The third-order valence-electron chi connectivity index (χ3n) is 2.57. The Balaban J connectivity index is 1.95. The van der Waals surface area contributed by atoms with Crippen molar-refractivity contribution in [1.82, 2.24) is 20.2 Å². The molecule has 0 aliphatic rings. The van der Waals surface area contributed by atoms with Crippen LogP contribution in [0.3, 0.4) is 0 Å². The molecule has 3 aromatic rings. The van der Waals surface area contributed by atoms with Crippen LogP contribution in [0.25, 0.3) is 11.0 Å². The van der Waals surface area contributed by atoms with E-state index >= 15 is 0 Å². The molecule has 0 spiro atoms. The van der Waals surface area contributed by atoms with Crippen LogP contribution >= 0.6 is 11.3 Å². The highest BCUT2D eigenvalue weighted by Gasteiger charge is 2.07. The van der Waals surface area contributed by atoms with Crippen LogP contribution in [0.4, 0.5) is 0 Å². The molecule has 0 fully saturated rings. The smallest absolute Gasteiger partial charge is 0.124 e. The second-order valence-electron chi connectivity index (χ2n) is 4.10. The van der Waals surface area contributed by atoms with E-state index in [4.69, 9.17) is 0 Å². The molecule has 2 aromatic heterocycles. The molecule has 0 radical (unpaired) electrons. The molecule has 1 aromatic carbocycles. The quantitative estimate of drug-likeness (QED) is 0.754. The SMILES string of the molecule is Cc1ccc2nc(Cc3nnc(C)s3)[nH]c2c1. The number of nitrogens with zero attached hydrogens (tertiary/aromatic N) is 3. The summed E-state index contributed by atoms with van der Waals surface area (Å²) in [6.07, 6.45) is 0.721. The summed E-state index contributed by atoms with van der Waals surface area (Å²) in [7, 11) is 0. The Morgan fingerprint density at radius 2 is 2.12 bits per heavy atom. The second kappa shape index (κ2) is 3.92. The first-order valence-electron chi connectivity index (χ1n) is 5.45. The van der Waals surface area contributed by atoms with Crippen molar-refractivity contribution in [2.24, 2.45) is 0 Å². The number of hydrogen-bond donors (Lipinski definition) is 1. The Morgan fingerprint density at radius 1 is 1.24 bits per heavy atom. The maximum absolute atomic E-state index is 4.54. The average Bonchev–Trinajstić information content (AvgIpc) is 2.84. The van der Waals surface area contributed by atoms with Gasteiger partial charge in [-0.15, -0.1) is 21.5 Å². The molecular formula is C12H12N4S. The molecule has 2 heterocycles. The van der Waals surface area contributed by atoms with E-state index in [0.29, 0.717) is 0 Å². The van der Waals surface area contributed by atoms with E-state index in [1.165, 1.54) is 5.56 Å². The number of nitrogens with one attached hydrogen (secondary N) is 1. The van der Waals surface area contributed by atoms with Crippen molar-refractivity contribution in [2.75, 3.05) is 0 Å². The van der Waals surface area contributed by atoms with Crippen LogP contribution in [0.1, 0.15) is 21.4 Å². The molecule has 3 rings (SSSR count). The molecule has 0 aliphatic heterocycles. The molecule has 1 N–H and O–H groups in total. The molecule has 0 atom stereocenters. The molecular weight excluding hydrogens is 232 g/mol. The van der Waals surface area contributed by atoms with Gasteiger partial charge in [0, 0.05) is 0 Å². The number of aromatic amines is 1. The average molecular weight is 244 g/mol. The number of fused-ring (bicyclic) bond motifs is 1. The van der Waals surface area contributed by atoms with Gasteiger partial charge in [-0.25, -0.2) is 4.98 Å². The molecule has 0 amide bonds. The zero-order valence-electron chi connectivity index (χ0n) is 9.69. The fourth-order valence-electron chi connectivity index (χ4n) is 1.81. The van der Waals surface area contributed by atoms with Crippen LogP contribution in [0.5, 0.6) is 0 Å². The first kappa shape index (κ1) is 10.4. The Bertz CT molecular complexity index is 668. The van der Waals surface area contributed by atoms with E-state index in [1.54, 1.807) is 11.3 Å². The molecule has 86 valence electrons. The zero-order chi connectivity index (χ0) is 11.8. The summed E-state index contributed by atoms with van der Waals surface area (Å²) in [5.74, 6) is 0.946. The molecule has 4 nitrogen and oxygen atoms in total. The number of imidazole rings is 1. The number of rotatable bonds is 2. The third kappa shape index (κ3) is 2.06. The van der Waals surface area contributed by atoms with E-state index in [0.717, 1.165) is 33.3 Å². The van der Waals surface area contributed by atoms with E-state index in [2.05, 4.69) is 39.2 Å². The summed E-state index contributed by atoms with van der Waals surface area (Å²) in [6.45, 7) is 4.04. The maximum atomic E-state index is 4.54. The number of aryl methyl sites for hydroxylation is 2. The first-order valence-corrected chi connectivity index (χ1v) is 6.26. The monoisotopic (exact) mass is 244 g/mol. The molecule has 0 saturated heterocycles. The molecule has 0 unspecified atom stereocenters. The third-order valence-corrected chi connectivity index (χ3v) is 3.41. The minimum absolute atomic E-state index is 0.721. The highest BCUT2D eigenvalue weighted by molar-refractivity contribution is 7.11. The Labute approximate surface area is 103 Å². The summed E-state index contributed by atoms with van der Waals surface area (Å²) in [4.78, 5) is 7.86. The maximum Gasteiger partial charge on any atom is 0.124 e. The standard InChI is InChI=1S/C12H12N4S/c1-7-3-4-9-10(5-7)14-11(13-9)6-12-16-15-8(2)17-12/h3-5H,6H2,1-2H3,(H,13,14). The Morgan fingerprint density at radius 3 is 2.88 bits per heavy atom. The molecule has 0 saturated carbocycles. The van der Waals surface area contributed by atoms with Crippen LogP contribution in [0, 0.1) is 13.8 Å². The van der Waals surface area contributed by atoms with Crippen molar-refractivity contribution in [3.05, 3.63) is 39.6 Å². The van der Waals surface area contributed by atoms with Crippen molar-refractivity contribution < 1.29 is 0 Å². The van der Waals surface area contributed by atoms with Gasteiger partial charge in [0.15, 0.2) is 0 Å². The van der Waals surface area contributed by atoms with Crippen molar-refractivity contribution in [2.45, 2.75) is 20.3 Å². The lowest BCUT2D eigenvalue weighted by atomic mass is 10.2. The van der Waals surface area contributed by atoms with Gasteiger partial charge in [-0.05, 0) is 31.5 Å². The summed E-state index contributed by atoms with van der Waals surface area (Å²) < 4.78 is 0. The first-order chi connectivity index (χ1) is 8.20. The van der Waals surface area contributed by atoms with Crippen molar-refractivity contribution in [3.63, 3.8) is 0 Å². The topological polar surface area (TPSA) is 54.5 Å². The van der Waals surface area contributed by atoms with Gasteiger partial charge in [-0.1, -0.05) is 6.07 Å². The van der Waals surface area contributed by atoms with Crippen molar-refractivity contribution >= 4 is 22.4 Å². The van der Waals surface area contributed by atoms with Gasteiger partial charge in [0.05, 0.1) is 17.5 Å². The Hall–Kier alpha value is -1.75. The fraction of sp³-hybridized carbons (Fsp3) is 0.250. The predicted molar refractivity (Wildman–Crippen MR) is 68.3 cm³/mol. The van der Waals surface area contributed by atoms with Gasteiger partial charge in [0.25, 0.3) is 0 Å². The van der Waals surface area contributed by atoms with Crippen LogP contribution in [0.15, 0.2) is 18.2 Å². The number of benzene rings is 1. The summed E-state index contributed by atoms with van der Waals surface area (Å²) in [6, 6.07) is 6.22. The Kier molecular flexibility index (Phi) is 2.40. The van der Waals surface area contributed by atoms with Gasteiger partial charge in [0.1, 0.15) is 15.8 Å². The number of hydrogen-bond acceptors (Lipinski definition) is 4. The highest BCUT2D eigenvalue weighted by atomic mass is 32.1. The molecule has 5 heteroatoms. The van der Waals surface area contributed by atoms with Crippen LogP contribution in [0.2, 0.25) is 0 Å². The minimum atomic E-state index is 0.721. The summed E-state index contributed by atoms with van der Waals surface area (Å²) >= 11 is 1.61. The van der Waals surface area contributed by atoms with Gasteiger partial charge >= 0.3 is 0 Å². The number of aromatic nitrogens is 4. The molecule has 0 bridgehead atoms. The van der Waals surface area contributed by atoms with E-state index in [1.807, 2.05) is 13.0 Å². The van der Waals surface area contributed by atoms with E-state index in [9.17, 15) is 0 Å². The summed E-state index contributed by atoms with van der Waals surface area (Å²) in [5, 5.41) is 10.1. The minimum Gasteiger partial charge on any atom is -0.342 e. The van der Waals surface area contributed by atoms with Crippen LogP contribution in [-0.4, -0.2) is 20.2 Å². The lowest BCUT2D eigenvalue weighted by Gasteiger charge is -1.89. The molecule has 0 aliphatic carbocycles. The highest BCUT2D eigenvalue weighted by Crippen LogP contribution is 2.16. The van der Waals surface area contributed by atoms with Gasteiger partial charge in [-0.3, -0.25) is 0 Å². The van der Waals surface area contributed by atoms with Crippen molar-refractivity contribution in [3.8, 4) is 0 Å². The van der Waals surface area contributed by atoms with E-state index in [-0.39, 0.29) is 0 Å². The van der Waals surface area contributed by atoms with Gasteiger partial charge in [-0.2, -0.15) is 0 Å². The van der Waals surface area contributed by atoms with Crippen LogP contribution < -0.4 is 0 Å². The lowest BCUT2D eigenvalue weighted by molar-refractivity contribution is 0.947.